The van der Waals surface area contributed by atoms with Crippen molar-refractivity contribution in [2.24, 2.45) is 10.9 Å². The summed E-state index contributed by atoms with van der Waals surface area (Å²) in [5, 5.41) is 3.60. The summed E-state index contributed by atoms with van der Waals surface area (Å²) >= 11 is 0. The smallest absolute Gasteiger partial charge is 0.193 e. The molecule has 0 saturated carbocycles. The van der Waals surface area contributed by atoms with E-state index in [9.17, 15) is 0 Å². The van der Waals surface area contributed by atoms with Gasteiger partial charge >= 0.3 is 0 Å². The van der Waals surface area contributed by atoms with Crippen LogP contribution in [0.25, 0.3) is 0 Å². The van der Waals surface area contributed by atoms with Crippen molar-refractivity contribution in [3.63, 3.8) is 0 Å². The van der Waals surface area contributed by atoms with Crippen LogP contribution in [0.15, 0.2) is 29.3 Å². The van der Waals surface area contributed by atoms with E-state index in [4.69, 9.17) is 4.74 Å². The molecule has 2 heterocycles. The zero-order chi connectivity index (χ0) is 19.8. The molecule has 0 aliphatic carbocycles. The van der Waals surface area contributed by atoms with Gasteiger partial charge in [-0.2, -0.15) is 0 Å². The van der Waals surface area contributed by atoms with Gasteiger partial charge in [-0.3, -0.25) is 9.89 Å². The predicted octanol–water partition coefficient (Wildman–Crippen LogP) is 3.49. The van der Waals surface area contributed by atoms with E-state index in [0.29, 0.717) is 6.10 Å². The number of benzene rings is 1. The Morgan fingerprint density at radius 2 is 1.75 bits per heavy atom. The van der Waals surface area contributed by atoms with Crippen molar-refractivity contribution in [2.75, 3.05) is 39.8 Å². The lowest BCUT2D eigenvalue weighted by Crippen LogP contribution is -2.46. The highest BCUT2D eigenvalue weighted by Gasteiger charge is 2.22. The first-order valence-corrected chi connectivity index (χ1v) is 11.1. The van der Waals surface area contributed by atoms with E-state index in [1.165, 1.54) is 37.1 Å². The second-order valence-corrected chi connectivity index (χ2v) is 8.27. The molecule has 2 aliphatic heterocycles. The molecule has 1 N–H and O–H groups in total. The zero-order valence-electron chi connectivity index (χ0n) is 18.0. The minimum absolute atomic E-state index is 0.410. The van der Waals surface area contributed by atoms with Crippen LogP contribution >= 0.6 is 0 Å². The lowest BCUT2D eigenvalue weighted by molar-refractivity contribution is 0.0263. The maximum atomic E-state index is 5.78. The number of hydrogen-bond donors (Lipinski definition) is 1. The van der Waals surface area contributed by atoms with Gasteiger partial charge in [-0.1, -0.05) is 31.2 Å². The summed E-state index contributed by atoms with van der Waals surface area (Å²) in [5.41, 5.74) is 2.82. The number of nitrogens with zero attached hydrogens (tertiary/aromatic N) is 3. The van der Waals surface area contributed by atoms with Crippen molar-refractivity contribution in [1.29, 1.82) is 0 Å². The Morgan fingerprint density at radius 1 is 1.07 bits per heavy atom. The highest BCUT2D eigenvalue weighted by Crippen LogP contribution is 2.20. The first-order chi connectivity index (χ1) is 13.7. The number of guanidine groups is 1. The van der Waals surface area contributed by atoms with Gasteiger partial charge in [-0.15, -0.1) is 0 Å². The van der Waals surface area contributed by atoms with Gasteiger partial charge in [0.25, 0.3) is 0 Å². The Labute approximate surface area is 171 Å². The van der Waals surface area contributed by atoms with Crippen LogP contribution < -0.4 is 5.32 Å². The number of piperidine rings is 2. The second kappa shape index (κ2) is 10.8. The largest absolute Gasteiger partial charge is 0.378 e. The van der Waals surface area contributed by atoms with Crippen molar-refractivity contribution in [2.45, 2.75) is 58.7 Å². The lowest BCUT2D eigenvalue weighted by Gasteiger charge is -2.34. The average Bonchev–Trinajstić information content (AvgIpc) is 2.72. The number of ether oxygens (including phenoxy) is 1. The fourth-order valence-corrected chi connectivity index (χ4v) is 4.32. The van der Waals surface area contributed by atoms with Crippen LogP contribution in [-0.4, -0.2) is 61.7 Å². The monoisotopic (exact) mass is 386 g/mol. The Kier molecular flexibility index (Phi) is 8.16. The molecule has 1 aromatic rings. The van der Waals surface area contributed by atoms with E-state index < -0.39 is 0 Å². The van der Waals surface area contributed by atoms with E-state index >= 15 is 0 Å². The molecule has 156 valence electrons. The topological polar surface area (TPSA) is 40.1 Å². The molecule has 0 bridgehead atoms. The standard InChI is InChI=1S/C23H38N4O/c1-4-28-22-11-15-27(16-12-22)23(24-3)25-17-20-7-5-6-8-21(20)18-26-13-9-19(2)10-14-26/h5-8,19,22H,4,9-18H2,1-3H3,(H,24,25). The summed E-state index contributed by atoms with van der Waals surface area (Å²) < 4.78 is 5.78. The van der Waals surface area contributed by atoms with E-state index in [1.807, 2.05) is 7.05 Å². The Morgan fingerprint density at radius 3 is 2.39 bits per heavy atom. The molecule has 0 unspecified atom stereocenters. The molecule has 28 heavy (non-hydrogen) atoms. The fourth-order valence-electron chi connectivity index (χ4n) is 4.32. The number of hydrogen-bond acceptors (Lipinski definition) is 3. The van der Waals surface area contributed by atoms with Gasteiger partial charge in [0, 0.05) is 39.8 Å². The first kappa shape index (κ1) is 21.1. The fraction of sp³-hybridized carbons (Fsp3) is 0.696. The van der Waals surface area contributed by atoms with Crippen LogP contribution in [0.5, 0.6) is 0 Å². The molecule has 2 fully saturated rings. The average molecular weight is 387 g/mol. The highest BCUT2D eigenvalue weighted by atomic mass is 16.5. The Hall–Kier alpha value is -1.59. The van der Waals surface area contributed by atoms with Gasteiger partial charge in [0.1, 0.15) is 0 Å². The summed E-state index contributed by atoms with van der Waals surface area (Å²) in [7, 11) is 1.89. The predicted molar refractivity (Wildman–Crippen MR) is 117 cm³/mol. The molecule has 0 amide bonds. The second-order valence-electron chi connectivity index (χ2n) is 8.27. The van der Waals surface area contributed by atoms with E-state index in [2.05, 4.69) is 58.2 Å². The van der Waals surface area contributed by atoms with Gasteiger partial charge in [0.15, 0.2) is 5.96 Å². The van der Waals surface area contributed by atoms with E-state index in [0.717, 1.165) is 57.5 Å². The van der Waals surface area contributed by atoms with Gasteiger partial charge in [-0.05, 0) is 62.7 Å². The zero-order valence-corrected chi connectivity index (χ0v) is 18.0. The van der Waals surface area contributed by atoms with Crippen LogP contribution in [0.3, 0.4) is 0 Å². The molecule has 0 radical (unpaired) electrons. The quantitative estimate of drug-likeness (QED) is 0.600. The normalized spacial score (nSPS) is 20.5. The summed E-state index contributed by atoms with van der Waals surface area (Å²) in [5.74, 6) is 1.89. The van der Waals surface area contributed by atoms with Crippen molar-refractivity contribution in [3.8, 4) is 0 Å². The van der Waals surface area contributed by atoms with Gasteiger partial charge < -0.3 is 15.0 Å². The van der Waals surface area contributed by atoms with Crippen molar-refractivity contribution < 1.29 is 4.74 Å². The summed E-state index contributed by atoms with van der Waals surface area (Å²) in [6.45, 7) is 11.6. The van der Waals surface area contributed by atoms with Crippen LogP contribution in [-0.2, 0) is 17.8 Å². The van der Waals surface area contributed by atoms with E-state index in [1.54, 1.807) is 0 Å². The lowest BCUT2D eigenvalue weighted by atomic mass is 9.98. The van der Waals surface area contributed by atoms with Crippen LogP contribution in [0.4, 0.5) is 0 Å². The molecule has 5 heteroatoms. The molecule has 3 rings (SSSR count). The summed E-state index contributed by atoms with van der Waals surface area (Å²) in [6, 6.07) is 8.85. The maximum absolute atomic E-state index is 5.78. The Balaban J connectivity index is 1.53. The third-order valence-corrected chi connectivity index (χ3v) is 6.18. The SMILES string of the molecule is CCOC1CCN(C(=NC)NCc2ccccc2CN2CCC(C)CC2)CC1. The molecule has 0 aromatic heterocycles. The third-order valence-electron chi connectivity index (χ3n) is 6.18. The molecule has 5 nitrogen and oxygen atoms in total. The van der Waals surface area contributed by atoms with Crippen molar-refractivity contribution >= 4 is 5.96 Å². The minimum Gasteiger partial charge on any atom is -0.378 e. The van der Waals surface area contributed by atoms with Crippen LogP contribution in [0, 0.1) is 5.92 Å². The Bertz CT molecular complexity index is 617. The molecule has 0 atom stereocenters. The minimum atomic E-state index is 0.410. The van der Waals surface area contributed by atoms with Crippen molar-refractivity contribution in [3.05, 3.63) is 35.4 Å². The summed E-state index contributed by atoms with van der Waals surface area (Å²) in [4.78, 5) is 9.50. The number of aliphatic imine (C=N–C) groups is 1. The molecular weight excluding hydrogens is 348 g/mol. The molecule has 2 saturated heterocycles. The number of rotatable bonds is 6. The molecule has 0 spiro atoms. The molecule has 1 aromatic carbocycles. The van der Waals surface area contributed by atoms with Gasteiger partial charge in [0.2, 0.25) is 0 Å². The maximum Gasteiger partial charge on any atom is 0.193 e. The first-order valence-electron chi connectivity index (χ1n) is 11.1. The summed E-state index contributed by atoms with van der Waals surface area (Å²) in [6.07, 6.45) is 5.22. The van der Waals surface area contributed by atoms with Crippen LogP contribution in [0.2, 0.25) is 0 Å². The van der Waals surface area contributed by atoms with Crippen LogP contribution in [0.1, 0.15) is 50.7 Å². The highest BCUT2D eigenvalue weighted by molar-refractivity contribution is 5.80. The number of likely N-dealkylation sites (tertiary alicyclic amines) is 2. The van der Waals surface area contributed by atoms with Gasteiger partial charge in [0.05, 0.1) is 6.10 Å². The number of nitrogens with one attached hydrogen (secondary N) is 1. The van der Waals surface area contributed by atoms with Crippen molar-refractivity contribution in [1.82, 2.24) is 15.1 Å². The molecule has 2 aliphatic rings. The van der Waals surface area contributed by atoms with Gasteiger partial charge in [-0.25, -0.2) is 0 Å². The molecular formula is C23H38N4O. The van der Waals surface area contributed by atoms with E-state index in [-0.39, 0.29) is 0 Å². The third kappa shape index (κ3) is 5.95.